The number of benzene rings is 2. The summed E-state index contributed by atoms with van der Waals surface area (Å²) in [5.41, 5.74) is 1.83. The molecule has 2 N–H and O–H groups in total. The van der Waals surface area contributed by atoms with E-state index in [1.807, 2.05) is 25.1 Å². The van der Waals surface area contributed by atoms with Crippen LogP contribution in [0.4, 0.5) is 0 Å². The molecule has 1 aliphatic carbocycles. The van der Waals surface area contributed by atoms with Crippen LogP contribution in [0.25, 0.3) is 0 Å². The molecule has 0 aromatic heterocycles. The fourth-order valence-electron chi connectivity index (χ4n) is 3.10. The molecule has 8 heteroatoms. The molecule has 3 rings (SSSR count). The number of ether oxygens (including phenoxy) is 2. The fourth-order valence-corrected chi connectivity index (χ4v) is 4.41. The lowest BCUT2D eigenvalue weighted by molar-refractivity contribution is -0.121. The molecule has 0 saturated heterocycles. The van der Waals surface area contributed by atoms with Gasteiger partial charge in [0.05, 0.1) is 25.2 Å². The van der Waals surface area contributed by atoms with Gasteiger partial charge in [0.2, 0.25) is 15.9 Å². The predicted octanol–water partition coefficient (Wildman–Crippen LogP) is 2.95. The molecule has 0 radical (unpaired) electrons. The maximum atomic E-state index is 12.4. The number of nitrogens with one attached hydrogen (secondary N) is 2. The highest BCUT2D eigenvalue weighted by Crippen LogP contribution is 2.30. The summed E-state index contributed by atoms with van der Waals surface area (Å²) < 4.78 is 37.6. The maximum absolute atomic E-state index is 12.4. The first-order chi connectivity index (χ1) is 14.3. The number of rotatable bonds is 10. The molecule has 0 heterocycles. The van der Waals surface area contributed by atoms with E-state index in [0.29, 0.717) is 24.3 Å². The molecule has 1 aliphatic rings. The summed E-state index contributed by atoms with van der Waals surface area (Å²) in [6.07, 6.45) is 2.63. The predicted molar refractivity (Wildman–Crippen MR) is 114 cm³/mol. The zero-order valence-corrected chi connectivity index (χ0v) is 18.3. The van der Waals surface area contributed by atoms with Gasteiger partial charge in [0.25, 0.3) is 0 Å². The average molecular weight is 433 g/mol. The van der Waals surface area contributed by atoms with Gasteiger partial charge in [0.15, 0.2) is 11.5 Å². The number of aryl methyl sites for hydroxylation is 1. The minimum Gasteiger partial charge on any atom is -0.493 e. The van der Waals surface area contributed by atoms with Crippen molar-refractivity contribution in [2.75, 3.05) is 14.2 Å². The van der Waals surface area contributed by atoms with E-state index in [1.165, 1.54) is 0 Å². The molecule has 1 fully saturated rings. The zero-order valence-electron chi connectivity index (χ0n) is 17.5. The highest BCUT2D eigenvalue weighted by atomic mass is 32.2. The van der Waals surface area contributed by atoms with Crippen LogP contribution in [0.3, 0.4) is 0 Å². The Morgan fingerprint density at radius 2 is 1.73 bits per heavy atom. The molecule has 1 saturated carbocycles. The Labute approximate surface area is 177 Å². The van der Waals surface area contributed by atoms with E-state index < -0.39 is 10.0 Å². The summed E-state index contributed by atoms with van der Waals surface area (Å²) >= 11 is 0. The first kappa shape index (κ1) is 22.1. The third kappa shape index (κ3) is 5.73. The topological polar surface area (TPSA) is 93.7 Å². The summed E-state index contributed by atoms with van der Waals surface area (Å²) in [7, 11) is -0.300. The molecule has 7 nitrogen and oxygen atoms in total. The van der Waals surface area contributed by atoms with Crippen LogP contribution in [0.5, 0.6) is 11.5 Å². The van der Waals surface area contributed by atoms with E-state index in [-0.39, 0.29) is 22.9 Å². The first-order valence-corrected chi connectivity index (χ1v) is 11.4. The Morgan fingerprint density at radius 3 is 2.33 bits per heavy atom. The molecule has 0 spiro atoms. The van der Waals surface area contributed by atoms with Crippen molar-refractivity contribution in [3.63, 3.8) is 0 Å². The van der Waals surface area contributed by atoms with E-state index in [1.54, 1.807) is 38.5 Å². The van der Waals surface area contributed by atoms with Gasteiger partial charge < -0.3 is 14.8 Å². The maximum Gasteiger partial charge on any atom is 0.240 e. The lowest BCUT2D eigenvalue weighted by Crippen LogP contribution is -2.27. The van der Waals surface area contributed by atoms with Crippen molar-refractivity contribution in [2.24, 2.45) is 0 Å². The van der Waals surface area contributed by atoms with E-state index in [0.717, 1.165) is 24.0 Å². The number of carbonyl (C=O) groups excluding carboxylic acids is 1. The van der Waals surface area contributed by atoms with Gasteiger partial charge in [-0.2, -0.15) is 0 Å². The summed E-state index contributed by atoms with van der Waals surface area (Å²) in [4.78, 5) is 12.6. The number of hydrogen-bond acceptors (Lipinski definition) is 5. The van der Waals surface area contributed by atoms with Gasteiger partial charge in [-0.3, -0.25) is 4.79 Å². The Balaban J connectivity index is 1.52. The Hall–Kier alpha value is -2.58. The normalized spacial score (nSPS) is 14.8. The van der Waals surface area contributed by atoms with Crippen LogP contribution in [0.15, 0.2) is 47.4 Å². The Kier molecular flexibility index (Phi) is 6.99. The van der Waals surface area contributed by atoms with Crippen molar-refractivity contribution in [1.82, 2.24) is 10.0 Å². The summed E-state index contributed by atoms with van der Waals surface area (Å²) in [5.74, 6) is 1.17. The number of carbonyl (C=O) groups is 1. The van der Waals surface area contributed by atoms with Crippen molar-refractivity contribution in [1.29, 1.82) is 0 Å². The minimum absolute atomic E-state index is 0.0750. The fraction of sp³-hybridized carbons (Fsp3) is 0.409. The molecule has 2 aromatic rings. The van der Waals surface area contributed by atoms with E-state index in [2.05, 4.69) is 10.0 Å². The van der Waals surface area contributed by atoms with Gasteiger partial charge in [-0.15, -0.1) is 0 Å². The quantitative estimate of drug-likeness (QED) is 0.602. The second kappa shape index (κ2) is 9.49. The van der Waals surface area contributed by atoms with Crippen molar-refractivity contribution in [3.8, 4) is 11.5 Å². The largest absolute Gasteiger partial charge is 0.493 e. The van der Waals surface area contributed by atoms with E-state index in [4.69, 9.17) is 9.47 Å². The second-order valence-electron chi connectivity index (χ2n) is 7.44. The highest BCUT2D eigenvalue weighted by molar-refractivity contribution is 7.89. The average Bonchev–Trinajstić information content (AvgIpc) is 3.55. The molecular formula is C22H28N2O5S. The third-order valence-electron chi connectivity index (χ3n) is 5.06. The Bertz CT molecular complexity index is 985. The minimum atomic E-state index is -3.45. The van der Waals surface area contributed by atoms with Gasteiger partial charge in [-0.25, -0.2) is 13.1 Å². The van der Waals surface area contributed by atoms with Crippen LogP contribution in [0, 0.1) is 0 Å². The first-order valence-electron chi connectivity index (χ1n) is 9.95. The van der Waals surface area contributed by atoms with Gasteiger partial charge in [0, 0.05) is 12.5 Å². The molecule has 0 unspecified atom stereocenters. The highest BCUT2D eigenvalue weighted by Gasteiger charge is 2.27. The SMILES string of the molecule is COc1ccc([C@@H](C)NC(=O)CCc2ccc(S(=O)(=O)NC3CC3)cc2)cc1OC. The summed E-state index contributed by atoms with van der Waals surface area (Å²) in [5, 5.41) is 2.98. The van der Waals surface area contributed by atoms with Gasteiger partial charge in [0.1, 0.15) is 0 Å². The van der Waals surface area contributed by atoms with Crippen LogP contribution in [0.2, 0.25) is 0 Å². The summed E-state index contributed by atoms with van der Waals surface area (Å²) in [6, 6.07) is 12.1. The molecule has 2 aromatic carbocycles. The van der Waals surface area contributed by atoms with E-state index >= 15 is 0 Å². The van der Waals surface area contributed by atoms with Crippen LogP contribution in [-0.2, 0) is 21.2 Å². The number of methoxy groups -OCH3 is 2. The smallest absolute Gasteiger partial charge is 0.240 e. The molecule has 30 heavy (non-hydrogen) atoms. The monoisotopic (exact) mass is 432 g/mol. The third-order valence-corrected chi connectivity index (χ3v) is 6.60. The second-order valence-corrected chi connectivity index (χ2v) is 9.16. The van der Waals surface area contributed by atoms with E-state index in [9.17, 15) is 13.2 Å². The molecule has 0 bridgehead atoms. The Morgan fingerprint density at radius 1 is 1.07 bits per heavy atom. The van der Waals surface area contributed by atoms with Crippen molar-refractivity contribution < 1.29 is 22.7 Å². The van der Waals surface area contributed by atoms with Crippen LogP contribution in [0.1, 0.15) is 43.4 Å². The molecular weight excluding hydrogens is 404 g/mol. The number of hydrogen-bond donors (Lipinski definition) is 2. The van der Waals surface area contributed by atoms with Crippen LogP contribution in [-0.4, -0.2) is 34.6 Å². The van der Waals surface area contributed by atoms with Crippen LogP contribution < -0.4 is 19.5 Å². The number of sulfonamides is 1. The molecule has 0 aliphatic heterocycles. The van der Waals surface area contributed by atoms with Gasteiger partial charge in [-0.05, 0) is 61.6 Å². The van der Waals surface area contributed by atoms with Gasteiger partial charge >= 0.3 is 0 Å². The van der Waals surface area contributed by atoms with Crippen molar-refractivity contribution in [3.05, 3.63) is 53.6 Å². The lowest BCUT2D eigenvalue weighted by Gasteiger charge is -2.16. The standard InChI is InChI=1S/C22H28N2O5S/c1-15(17-7-12-20(28-2)21(14-17)29-3)23-22(25)13-6-16-4-10-19(11-5-16)30(26,27)24-18-8-9-18/h4-5,7,10-12,14-15,18,24H,6,8-9,13H2,1-3H3,(H,23,25)/t15-/m1/s1. The number of amides is 1. The van der Waals surface area contributed by atoms with Crippen LogP contribution >= 0.6 is 0 Å². The van der Waals surface area contributed by atoms with Crippen molar-refractivity contribution in [2.45, 2.75) is 49.6 Å². The van der Waals surface area contributed by atoms with Crippen molar-refractivity contribution >= 4 is 15.9 Å². The van der Waals surface area contributed by atoms with Gasteiger partial charge in [-0.1, -0.05) is 18.2 Å². The lowest BCUT2D eigenvalue weighted by atomic mass is 10.1. The molecule has 1 amide bonds. The summed E-state index contributed by atoms with van der Waals surface area (Å²) in [6.45, 7) is 1.91. The molecule has 1 atom stereocenters. The zero-order chi connectivity index (χ0) is 21.7. The molecule has 162 valence electrons.